The molecule has 0 spiro atoms. The van der Waals surface area contributed by atoms with Gasteiger partial charge in [-0.05, 0) is 19.8 Å². The van der Waals surface area contributed by atoms with Crippen LogP contribution in [0.5, 0.6) is 0 Å². The van der Waals surface area contributed by atoms with Gasteiger partial charge < -0.3 is 10.1 Å². The Labute approximate surface area is 78.8 Å². The molecule has 13 heavy (non-hydrogen) atoms. The van der Waals surface area contributed by atoms with Gasteiger partial charge in [-0.15, -0.1) is 0 Å². The number of Topliss-reactive ketones (excluding diaryl/α,β-unsaturated/α-hetero) is 1. The first kappa shape index (κ1) is 9.16. The van der Waals surface area contributed by atoms with Crippen LogP contribution < -0.4 is 5.32 Å². The molecule has 3 heteroatoms. The molecule has 0 saturated carbocycles. The fourth-order valence-corrected chi connectivity index (χ4v) is 2.49. The summed E-state index contributed by atoms with van der Waals surface area (Å²) in [4.78, 5) is 11.3. The molecule has 0 radical (unpaired) electrons. The van der Waals surface area contributed by atoms with Crippen LogP contribution in [0.25, 0.3) is 0 Å². The molecule has 2 unspecified atom stereocenters. The summed E-state index contributed by atoms with van der Waals surface area (Å²) in [6, 6.07) is 0.771. The smallest absolute Gasteiger partial charge is 0.136 e. The summed E-state index contributed by atoms with van der Waals surface area (Å²) >= 11 is 0. The lowest BCUT2D eigenvalue weighted by molar-refractivity contribution is -0.123. The molecular weight excluding hydrogens is 166 g/mol. The molecule has 0 aromatic rings. The van der Waals surface area contributed by atoms with E-state index in [1.54, 1.807) is 0 Å². The van der Waals surface area contributed by atoms with Crippen LogP contribution in [-0.2, 0) is 9.53 Å². The molecule has 2 saturated heterocycles. The van der Waals surface area contributed by atoms with Crippen LogP contribution in [0.3, 0.4) is 0 Å². The van der Waals surface area contributed by atoms with E-state index in [1.165, 1.54) is 0 Å². The Hall–Kier alpha value is -0.410. The van der Waals surface area contributed by atoms with Crippen LogP contribution in [0.4, 0.5) is 0 Å². The number of nitrogens with one attached hydrogen (secondary N) is 1. The molecule has 0 aromatic heterocycles. The molecular formula is C10H17NO2. The van der Waals surface area contributed by atoms with E-state index < -0.39 is 0 Å². The molecule has 0 amide bonds. The summed E-state index contributed by atoms with van der Waals surface area (Å²) in [5.74, 6) is 0.420. The molecule has 1 N–H and O–H groups in total. The van der Waals surface area contributed by atoms with E-state index >= 15 is 0 Å². The second-order valence-corrected chi connectivity index (χ2v) is 4.06. The predicted molar refractivity (Wildman–Crippen MR) is 49.6 cm³/mol. The maximum absolute atomic E-state index is 11.3. The third-order valence-corrected chi connectivity index (χ3v) is 2.92. The molecule has 74 valence electrons. The number of hydrogen-bond donors (Lipinski definition) is 1. The predicted octanol–water partition coefficient (Wildman–Crippen LogP) is 0.875. The van der Waals surface area contributed by atoms with Gasteiger partial charge in [-0.2, -0.15) is 0 Å². The van der Waals surface area contributed by atoms with Crippen molar-refractivity contribution in [3.63, 3.8) is 0 Å². The van der Waals surface area contributed by atoms with Crippen molar-refractivity contribution in [3.8, 4) is 0 Å². The lowest BCUT2D eigenvalue weighted by Crippen LogP contribution is -2.53. The van der Waals surface area contributed by atoms with Crippen LogP contribution in [-0.4, -0.2) is 30.6 Å². The standard InChI is InChI=1S/C10H17NO2/c1-2-13-10-5-7-3-9(12)4-8(6-10)11-7/h7-8,10-11H,2-6H2,1H3. The summed E-state index contributed by atoms with van der Waals surface area (Å²) in [6.07, 6.45) is 3.82. The molecule has 2 fully saturated rings. The molecule has 2 aliphatic heterocycles. The maximum Gasteiger partial charge on any atom is 0.136 e. The Balaban J connectivity index is 1.93. The zero-order valence-corrected chi connectivity index (χ0v) is 8.08. The van der Waals surface area contributed by atoms with Crippen LogP contribution in [0.15, 0.2) is 0 Å². The van der Waals surface area contributed by atoms with E-state index in [0.29, 0.717) is 36.8 Å². The van der Waals surface area contributed by atoms with Gasteiger partial charge in [-0.3, -0.25) is 4.79 Å². The Morgan fingerprint density at radius 3 is 2.54 bits per heavy atom. The van der Waals surface area contributed by atoms with Crippen LogP contribution in [0.1, 0.15) is 32.6 Å². The fraction of sp³-hybridized carbons (Fsp3) is 0.900. The van der Waals surface area contributed by atoms with Gasteiger partial charge in [-0.25, -0.2) is 0 Å². The van der Waals surface area contributed by atoms with Gasteiger partial charge in [0.2, 0.25) is 0 Å². The highest BCUT2D eigenvalue weighted by atomic mass is 16.5. The normalized spacial score (nSPS) is 39.2. The second kappa shape index (κ2) is 3.76. The topological polar surface area (TPSA) is 38.3 Å². The third kappa shape index (κ3) is 2.09. The Morgan fingerprint density at radius 1 is 1.38 bits per heavy atom. The Bertz CT molecular complexity index is 189. The van der Waals surface area contributed by atoms with Crippen molar-refractivity contribution < 1.29 is 9.53 Å². The highest BCUT2D eigenvalue weighted by molar-refractivity contribution is 5.80. The first-order valence-electron chi connectivity index (χ1n) is 5.17. The lowest BCUT2D eigenvalue weighted by atomic mass is 9.84. The summed E-state index contributed by atoms with van der Waals surface area (Å²) in [5.41, 5.74) is 0. The summed E-state index contributed by atoms with van der Waals surface area (Å²) in [6.45, 7) is 2.82. The maximum atomic E-state index is 11.3. The van der Waals surface area contributed by atoms with E-state index in [2.05, 4.69) is 5.32 Å². The monoisotopic (exact) mass is 183 g/mol. The quantitative estimate of drug-likeness (QED) is 0.690. The highest BCUT2D eigenvalue weighted by Crippen LogP contribution is 2.25. The summed E-state index contributed by atoms with van der Waals surface area (Å²) in [5, 5.41) is 3.47. The van der Waals surface area contributed by atoms with E-state index in [1.807, 2.05) is 6.92 Å². The SMILES string of the molecule is CCOC1CC2CC(=O)CC(C1)N2. The zero-order valence-electron chi connectivity index (χ0n) is 8.08. The third-order valence-electron chi connectivity index (χ3n) is 2.92. The van der Waals surface area contributed by atoms with Gasteiger partial charge in [0.15, 0.2) is 0 Å². The number of hydrogen-bond acceptors (Lipinski definition) is 3. The van der Waals surface area contributed by atoms with Crippen molar-refractivity contribution in [1.82, 2.24) is 5.32 Å². The van der Waals surface area contributed by atoms with Crippen molar-refractivity contribution in [2.45, 2.75) is 50.8 Å². The lowest BCUT2D eigenvalue weighted by Gasteiger charge is -2.39. The van der Waals surface area contributed by atoms with Crippen molar-refractivity contribution in [2.75, 3.05) is 6.61 Å². The number of piperidine rings is 2. The van der Waals surface area contributed by atoms with Crippen molar-refractivity contribution in [1.29, 1.82) is 0 Å². The first-order chi connectivity index (χ1) is 6.28. The molecule has 3 nitrogen and oxygen atoms in total. The number of ether oxygens (including phenoxy) is 1. The second-order valence-electron chi connectivity index (χ2n) is 4.06. The van der Waals surface area contributed by atoms with Crippen molar-refractivity contribution >= 4 is 5.78 Å². The Kier molecular flexibility index (Phi) is 2.65. The fourth-order valence-electron chi connectivity index (χ4n) is 2.49. The number of carbonyl (C=O) groups excluding carboxylic acids is 1. The average molecular weight is 183 g/mol. The van der Waals surface area contributed by atoms with E-state index in [-0.39, 0.29) is 0 Å². The first-order valence-corrected chi connectivity index (χ1v) is 5.17. The van der Waals surface area contributed by atoms with E-state index in [4.69, 9.17) is 4.74 Å². The van der Waals surface area contributed by atoms with E-state index in [0.717, 1.165) is 19.4 Å². The van der Waals surface area contributed by atoms with Gasteiger partial charge in [-0.1, -0.05) is 0 Å². The minimum atomic E-state index is 0.384. The van der Waals surface area contributed by atoms with Crippen LogP contribution in [0, 0.1) is 0 Å². The van der Waals surface area contributed by atoms with Gasteiger partial charge in [0.25, 0.3) is 0 Å². The minimum absolute atomic E-state index is 0.384. The minimum Gasteiger partial charge on any atom is -0.378 e. The molecule has 2 aliphatic rings. The highest BCUT2D eigenvalue weighted by Gasteiger charge is 2.34. The molecule has 0 aliphatic carbocycles. The molecule has 2 atom stereocenters. The molecule has 2 heterocycles. The van der Waals surface area contributed by atoms with Crippen LogP contribution in [0.2, 0.25) is 0 Å². The number of fused-ring (bicyclic) bond motifs is 2. The molecule has 2 rings (SSSR count). The largest absolute Gasteiger partial charge is 0.378 e. The van der Waals surface area contributed by atoms with Crippen LogP contribution >= 0.6 is 0 Å². The number of ketones is 1. The summed E-state index contributed by atoms with van der Waals surface area (Å²) in [7, 11) is 0. The number of rotatable bonds is 2. The van der Waals surface area contributed by atoms with Gasteiger partial charge in [0, 0.05) is 31.5 Å². The zero-order chi connectivity index (χ0) is 9.26. The Morgan fingerprint density at radius 2 is 2.00 bits per heavy atom. The van der Waals surface area contributed by atoms with Gasteiger partial charge >= 0.3 is 0 Å². The van der Waals surface area contributed by atoms with E-state index in [9.17, 15) is 4.79 Å². The van der Waals surface area contributed by atoms with Gasteiger partial charge in [0.1, 0.15) is 5.78 Å². The molecule has 0 aromatic carbocycles. The van der Waals surface area contributed by atoms with Crippen molar-refractivity contribution in [2.24, 2.45) is 0 Å². The average Bonchev–Trinajstić information content (AvgIpc) is 2.01. The molecule has 2 bridgehead atoms. The van der Waals surface area contributed by atoms with Gasteiger partial charge in [0.05, 0.1) is 6.10 Å². The van der Waals surface area contributed by atoms with Crippen molar-refractivity contribution in [3.05, 3.63) is 0 Å². The number of carbonyl (C=O) groups is 1. The summed E-state index contributed by atoms with van der Waals surface area (Å²) < 4.78 is 5.60.